The van der Waals surface area contributed by atoms with Crippen LogP contribution < -0.4 is 10.5 Å². The van der Waals surface area contributed by atoms with Crippen molar-refractivity contribution in [1.29, 1.82) is 0 Å². The van der Waals surface area contributed by atoms with Gasteiger partial charge in [-0.15, -0.1) is 0 Å². The molecule has 3 N–H and O–H groups in total. The van der Waals surface area contributed by atoms with Gasteiger partial charge in [0.25, 0.3) is 5.91 Å². The first-order valence-corrected chi connectivity index (χ1v) is 6.32. The Morgan fingerprint density at radius 2 is 2.00 bits per heavy atom. The fourth-order valence-electron chi connectivity index (χ4n) is 1.44. The van der Waals surface area contributed by atoms with Crippen molar-refractivity contribution < 1.29 is 37.0 Å². The van der Waals surface area contributed by atoms with Crippen LogP contribution in [0.3, 0.4) is 0 Å². The van der Waals surface area contributed by atoms with Crippen molar-refractivity contribution in [1.82, 2.24) is 0 Å². The number of aliphatic carboxylic acids is 1. The maximum atomic E-state index is 12.2. The van der Waals surface area contributed by atoms with Gasteiger partial charge in [-0.1, -0.05) is 0 Å². The molecule has 1 aromatic carbocycles. The normalized spacial score (nSPS) is 13.2. The molecule has 0 unspecified atom stereocenters. The Morgan fingerprint density at radius 1 is 1.38 bits per heavy atom. The minimum atomic E-state index is -5.08. The Kier molecular flexibility index (Phi) is 6.59. The number of nitrogens with two attached hydrogens (primary N) is 1. The number of hydrogen-bond acceptors (Lipinski definition) is 4. The van der Waals surface area contributed by atoms with Crippen molar-refractivity contribution >= 4 is 18.1 Å². The SMILES string of the molecule is NC/C(=C\F)COc1ccc2c(c1)C=NC2=O.O=C(O)C(F)(F)F. The summed E-state index contributed by atoms with van der Waals surface area (Å²) < 4.78 is 49.3. The number of benzene rings is 1. The highest BCUT2D eigenvalue weighted by Crippen LogP contribution is 2.21. The number of carboxylic acids is 1. The van der Waals surface area contributed by atoms with Gasteiger partial charge in [0.1, 0.15) is 12.4 Å². The zero-order valence-electron chi connectivity index (χ0n) is 12.0. The van der Waals surface area contributed by atoms with Crippen LogP contribution >= 0.6 is 0 Å². The van der Waals surface area contributed by atoms with E-state index in [9.17, 15) is 22.4 Å². The number of aliphatic imine (C=N–C) groups is 1. The molecule has 10 heteroatoms. The lowest BCUT2D eigenvalue weighted by molar-refractivity contribution is -0.192. The van der Waals surface area contributed by atoms with Crippen molar-refractivity contribution in [2.75, 3.05) is 13.2 Å². The topological polar surface area (TPSA) is 102 Å². The first-order chi connectivity index (χ1) is 11.2. The molecule has 0 fully saturated rings. The van der Waals surface area contributed by atoms with Crippen molar-refractivity contribution in [2.24, 2.45) is 10.7 Å². The summed E-state index contributed by atoms with van der Waals surface area (Å²) in [5, 5.41) is 7.12. The second kappa shape index (κ2) is 8.20. The largest absolute Gasteiger partial charge is 0.490 e. The predicted molar refractivity (Wildman–Crippen MR) is 75.8 cm³/mol. The number of alkyl halides is 3. The van der Waals surface area contributed by atoms with Gasteiger partial charge in [-0.2, -0.15) is 13.2 Å². The molecule has 0 saturated heterocycles. The zero-order chi connectivity index (χ0) is 18.3. The molecule has 1 aliphatic rings. The minimum absolute atomic E-state index is 0.0941. The average Bonchev–Trinajstić information content (AvgIpc) is 2.89. The Morgan fingerprint density at radius 3 is 2.50 bits per heavy atom. The average molecular weight is 348 g/mol. The van der Waals surface area contributed by atoms with E-state index < -0.39 is 12.1 Å². The highest BCUT2D eigenvalue weighted by atomic mass is 19.4. The molecule has 0 aromatic heterocycles. The molecule has 0 aliphatic carbocycles. The molecule has 24 heavy (non-hydrogen) atoms. The van der Waals surface area contributed by atoms with E-state index in [0.717, 1.165) is 0 Å². The van der Waals surface area contributed by atoms with Crippen LogP contribution in [0.25, 0.3) is 0 Å². The minimum Gasteiger partial charge on any atom is -0.489 e. The second-order valence-corrected chi connectivity index (χ2v) is 4.38. The lowest BCUT2D eigenvalue weighted by atomic mass is 10.1. The summed E-state index contributed by atoms with van der Waals surface area (Å²) in [7, 11) is 0. The molecule has 2 rings (SSSR count). The van der Waals surface area contributed by atoms with E-state index in [2.05, 4.69) is 4.99 Å². The van der Waals surface area contributed by atoms with E-state index in [0.29, 0.717) is 28.8 Å². The highest BCUT2D eigenvalue weighted by molar-refractivity contribution is 6.13. The Bertz CT molecular complexity index is 684. The number of hydrogen-bond donors (Lipinski definition) is 2. The van der Waals surface area contributed by atoms with E-state index in [4.69, 9.17) is 20.4 Å². The van der Waals surface area contributed by atoms with Crippen LogP contribution in [0.15, 0.2) is 35.1 Å². The first-order valence-electron chi connectivity index (χ1n) is 6.32. The van der Waals surface area contributed by atoms with E-state index in [1.165, 1.54) is 6.21 Å². The summed E-state index contributed by atoms with van der Waals surface area (Å²) in [6, 6.07) is 4.98. The van der Waals surface area contributed by atoms with Crippen LogP contribution in [0.5, 0.6) is 5.75 Å². The molecule has 130 valence electrons. The van der Waals surface area contributed by atoms with Crippen LogP contribution in [-0.4, -0.2) is 42.5 Å². The quantitative estimate of drug-likeness (QED) is 0.811. The Hall–Kier alpha value is -2.75. The number of amides is 1. The molecule has 6 nitrogen and oxygen atoms in total. The molecule has 1 aromatic rings. The van der Waals surface area contributed by atoms with Crippen LogP contribution in [-0.2, 0) is 4.79 Å². The summed E-state index contributed by atoms with van der Waals surface area (Å²) in [5.41, 5.74) is 6.94. The van der Waals surface area contributed by atoms with Gasteiger partial charge in [0.05, 0.1) is 11.9 Å². The van der Waals surface area contributed by atoms with Crippen LogP contribution in [0, 0.1) is 0 Å². The number of rotatable bonds is 4. The van der Waals surface area contributed by atoms with E-state index in [-0.39, 0.29) is 19.1 Å². The van der Waals surface area contributed by atoms with E-state index in [1.807, 2.05) is 0 Å². The molecule has 1 amide bonds. The fraction of sp³-hybridized carbons (Fsp3) is 0.214. The molecule has 0 radical (unpaired) electrons. The molecule has 0 atom stereocenters. The molecule has 0 bridgehead atoms. The maximum Gasteiger partial charge on any atom is 0.490 e. The third kappa shape index (κ3) is 5.47. The number of carbonyl (C=O) groups is 2. The predicted octanol–water partition coefficient (Wildman–Crippen LogP) is 2.08. The van der Waals surface area contributed by atoms with Gasteiger partial charge in [0, 0.05) is 23.9 Å². The monoisotopic (exact) mass is 348 g/mol. The van der Waals surface area contributed by atoms with E-state index >= 15 is 0 Å². The van der Waals surface area contributed by atoms with Crippen molar-refractivity contribution in [2.45, 2.75) is 6.18 Å². The molecule has 1 aliphatic heterocycles. The van der Waals surface area contributed by atoms with E-state index in [1.54, 1.807) is 18.2 Å². The molecule has 0 saturated carbocycles. The van der Waals surface area contributed by atoms with Gasteiger partial charge >= 0.3 is 12.1 Å². The molecule has 1 heterocycles. The van der Waals surface area contributed by atoms with Crippen LogP contribution in [0.2, 0.25) is 0 Å². The number of carboxylic acid groups (broad SMARTS) is 1. The number of halogens is 4. The van der Waals surface area contributed by atoms with Gasteiger partial charge < -0.3 is 15.6 Å². The first kappa shape index (κ1) is 19.3. The molecular weight excluding hydrogens is 336 g/mol. The molecular formula is C14H12F4N2O4. The van der Waals surface area contributed by atoms with Gasteiger partial charge in [-0.3, -0.25) is 4.79 Å². The summed E-state index contributed by atoms with van der Waals surface area (Å²) in [6.45, 7) is 0.207. The van der Waals surface area contributed by atoms with Gasteiger partial charge in [-0.05, 0) is 18.2 Å². The standard InChI is InChI=1S/C12H11FN2O2.C2HF3O2/c13-4-8(5-14)7-17-10-1-2-11-9(3-10)6-15-12(11)16;3-2(4,5)1(6)7/h1-4,6H,5,7,14H2;(H,6,7)/b8-4+;. The number of fused-ring (bicyclic) bond motifs is 1. The van der Waals surface area contributed by atoms with Gasteiger partial charge in [-0.25, -0.2) is 14.2 Å². The van der Waals surface area contributed by atoms with Crippen molar-refractivity contribution in [3.63, 3.8) is 0 Å². The van der Waals surface area contributed by atoms with Crippen LogP contribution in [0.4, 0.5) is 17.6 Å². The summed E-state index contributed by atoms with van der Waals surface area (Å²) >= 11 is 0. The second-order valence-electron chi connectivity index (χ2n) is 4.38. The van der Waals surface area contributed by atoms with Gasteiger partial charge in [0.15, 0.2) is 0 Å². The lowest BCUT2D eigenvalue weighted by Gasteiger charge is -2.07. The number of ether oxygens (including phenoxy) is 1. The fourth-order valence-corrected chi connectivity index (χ4v) is 1.44. The van der Waals surface area contributed by atoms with Crippen LogP contribution in [0.1, 0.15) is 15.9 Å². The third-order valence-electron chi connectivity index (χ3n) is 2.66. The smallest absolute Gasteiger partial charge is 0.489 e. The Labute approximate surface area is 133 Å². The highest BCUT2D eigenvalue weighted by Gasteiger charge is 2.38. The molecule has 0 spiro atoms. The summed E-state index contributed by atoms with van der Waals surface area (Å²) in [6.07, 6.45) is -3.16. The number of nitrogens with zero attached hydrogens (tertiary/aromatic N) is 1. The number of carbonyl (C=O) groups excluding carboxylic acids is 1. The Balaban J connectivity index is 0.000000351. The lowest BCUT2D eigenvalue weighted by Crippen LogP contribution is -2.21. The van der Waals surface area contributed by atoms with Crippen molar-refractivity contribution in [3.05, 3.63) is 41.2 Å². The zero-order valence-corrected chi connectivity index (χ0v) is 12.0. The third-order valence-corrected chi connectivity index (χ3v) is 2.66. The summed E-state index contributed by atoms with van der Waals surface area (Å²) in [5.74, 6) is -2.46. The van der Waals surface area contributed by atoms with Gasteiger partial charge in [0.2, 0.25) is 0 Å². The maximum absolute atomic E-state index is 12.2. The van der Waals surface area contributed by atoms with Crippen molar-refractivity contribution in [3.8, 4) is 5.75 Å². The summed E-state index contributed by atoms with van der Waals surface area (Å²) in [4.78, 5) is 23.8.